The predicted octanol–water partition coefficient (Wildman–Crippen LogP) is 3.98. The first-order chi connectivity index (χ1) is 13.3. The molecule has 1 fully saturated rings. The van der Waals surface area contributed by atoms with Crippen molar-refractivity contribution in [2.24, 2.45) is 0 Å². The van der Waals surface area contributed by atoms with Gasteiger partial charge in [0, 0.05) is 24.7 Å². The second kappa shape index (κ2) is 6.67. The molecule has 0 amide bonds. The fourth-order valence-electron chi connectivity index (χ4n) is 4.25. The number of hydrogen-bond donors (Lipinski definition) is 0. The van der Waals surface area contributed by atoms with E-state index < -0.39 is 0 Å². The molecule has 4 aromatic rings. The lowest BCUT2D eigenvalue weighted by Gasteiger charge is -2.33. The van der Waals surface area contributed by atoms with Crippen LogP contribution in [0.5, 0.6) is 0 Å². The minimum Gasteiger partial charge on any atom is -0.408 e. The van der Waals surface area contributed by atoms with E-state index in [1.165, 1.54) is 10.9 Å². The molecule has 136 valence electrons. The van der Waals surface area contributed by atoms with Crippen molar-refractivity contribution in [1.29, 1.82) is 0 Å². The minimum atomic E-state index is -0.255. The van der Waals surface area contributed by atoms with E-state index >= 15 is 0 Å². The van der Waals surface area contributed by atoms with Gasteiger partial charge < -0.3 is 4.42 Å². The number of hydrogen-bond acceptors (Lipinski definition) is 4. The molecule has 5 rings (SSSR count). The lowest BCUT2D eigenvalue weighted by atomic mass is 10.0. The van der Waals surface area contributed by atoms with E-state index in [-0.39, 0.29) is 11.8 Å². The van der Waals surface area contributed by atoms with Gasteiger partial charge in [0.05, 0.1) is 17.1 Å². The number of oxazole rings is 1. The Bertz CT molecular complexity index is 1160. The first kappa shape index (κ1) is 16.3. The first-order valence-corrected chi connectivity index (χ1v) is 9.45. The van der Waals surface area contributed by atoms with Gasteiger partial charge in [0.15, 0.2) is 5.58 Å². The summed E-state index contributed by atoms with van der Waals surface area (Å²) in [7, 11) is 0. The molecular weight excluding hydrogens is 338 g/mol. The number of rotatable bonds is 3. The zero-order valence-corrected chi connectivity index (χ0v) is 15.0. The molecule has 0 unspecified atom stereocenters. The van der Waals surface area contributed by atoms with Crippen molar-refractivity contribution in [1.82, 2.24) is 14.5 Å². The highest BCUT2D eigenvalue weighted by Crippen LogP contribution is 2.27. The van der Waals surface area contributed by atoms with Crippen LogP contribution in [0.3, 0.4) is 0 Å². The van der Waals surface area contributed by atoms with Crippen molar-refractivity contribution >= 4 is 22.0 Å². The molecule has 1 saturated heterocycles. The van der Waals surface area contributed by atoms with Gasteiger partial charge in [-0.2, -0.15) is 0 Å². The van der Waals surface area contributed by atoms with Gasteiger partial charge in [-0.05, 0) is 43.1 Å². The summed E-state index contributed by atoms with van der Waals surface area (Å²) in [6.07, 6.45) is 3.91. The van der Waals surface area contributed by atoms with Gasteiger partial charge in [0.1, 0.15) is 0 Å². The van der Waals surface area contributed by atoms with Gasteiger partial charge >= 0.3 is 5.76 Å². The molecular formula is C22H21N3O2. The third kappa shape index (κ3) is 2.94. The van der Waals surface area contributed by atoms with E-state index in [4.69, 9.17) is 4.42 Å². The average Bonchev–Trinajstić information content (AvgIpc) is 3.04. The molecule has 0 bridgehead atoms. The summed E-state index contributed by atoms with van der Waals surface area (Å²) in [6, 6.07) is 18.2. The maximum Gasteiger partial charge on any atom is 0.420 e. The monoisotopic (exact) mass is 359 g/mol. The lowest BCUT2D eigenvalue weighted by Crippen LogP contribution is -2.38. The Morgan fingerprint density at radius 3 is 2.93 bits per heavy atom. The topological polar surface area (TPSA) is 51.3 Å². The van der Waals surface area contributed by atoms with E-state index in [0.29, 0.717) is 5.58 Å². The van der Waals surface area contributed by atoms with Gasteiger partial charge in [0.25, 0.3) is 0 Å². The molecule has 5 nitrogen and oxygen atoms in total. The number of piperidine rings is 1. The number of fused-ring (bicyclic) bond motifs is 2. The molecule has 3 heterocycles. The standard InChI is InChI=1S/C22H21N3O2/c26-22-25(19-10-1-2-11-20(19)27-22)18-9-5-13-24(15-18)14-17-7-3-6-16-8-4-12-23-21(16)17/h1-4,6-8,10-12,18H,5,9,13-15H2/t18-/m0/s1. The van der Waals surface area contributed by atoms with E-state index in [9.17, 15) is 4.79 Å². The van der Waals surface area contributed by atoms with E-state index in [1.54, 1.807) is 0 Å². The number of likely N-dealkylation sites (tertiary alicyclic amines) is 1. The number of nitrogens with zero attached hydrogens (tertiary/aromatic N) is 3. The second-order valence-corrected chi connectivity index (χ2v) is 7.23. The summed E-state index contributed by atoms with van der Waals surface area (Å²) in [5.74, 6) is -0.255. The molecule has 0 aliphatic carbocycles. The molecule has 1 atom stereocenters. The molecule has 0 saturated carbocycles. The normalized spacial score (nSPS) is 18.3. The summed E-state index contributed by atoms with van der Waals surface area (Å²) >= 11 is 0. The Morgan fingerprint density at radius 1 is 1.07 bits per heavy atom. The van der Waals surface area contributed by atoms with Crippen LogP contribution in [0.4, 0.5) is 0 Å². The third-order valence-electron chi connectivity index (χ3n) is 5.47. The molecule has 27 heavy (non-hydrogen) atoms. The highest BCUT2D eigenvalue weighted by molar-refractivity contribution is 5.81. The molecule has 1 aliphatic rings. The van der Waals surface area contributed by atoms with Crippen molar-refractivity contribution in [2.45, 2.75) is 25.4 Å². The van der Waals surface area contributed by atoms with Gasteiger partial charge in [-0.25, -0.2) is 4.79 Å². The molecule has 2 aromatic heterocycles. The first-order valence-electron chi connectivity index (χ1n) is 9.45. The summed E-state index contributed by atoms with van der Waals surface area (Å²) in [5.41, 5.74) is 3.85. The Morgan fingerprint density at radius 2 is 1.96 bits per heavy atom. The van der Waals surface area contributed by atoms with E-state index in [0.717, 1.165) is 43.5 Å². The second-order valence-electron chi connectivity index (χ2n) is 7.23. The molecule has 5 heteroatoms. The van der Waals surface area contributed by atoms with Gasteiger partial charge in [0.2, 0.25) is 0 Å². The Hall–Kier alpha value is -2.92. The van der Waals surface area contributed by atoms with Crippen LogP contribution in [0.2, 0.25) is 0 Å². The highest BCUT2D eigenvalue weighted by atomic mass is 16.4. The summed E-state index contributed by atoms with van der Waals surface area (Å²) in [6.45, 7) is 2.71. The maximum absolute atomic E-state index is 12.4. The number of aromatic nitrogens is 2. The summed E-state index contributed by atoms with van der Waals surface area (Å²) in [4.78, 5) is 19.4. The molecule has 1 aliphatic heterocycles. The van der Waals surface area contributed by atoms with Crippen LogP contribution in [-0.4, -0.2) is 27.5 Å². The fraction of sp³-hybridized carbons (Fsp3) is 0.273. The molecule has 0 radical (unpaired) electrons. The third-order valence-corrected chi connectivity index (χ3v) is 5.47. The fourth-order valence-corrected chi connectivity index (χ4v) is 4.25. The number of benzene rings is 2. The van der Waals surface area contributed by atoms with Crippen molar-refractivity contribution in [2.75, 3.05) is 13.1 Å². The highest BCUT2D eigenvalue weighted by Gasteiger charge is 2.25. The van der Waals surface area contributed by atoms with Crippen LogP contribution in [0.25, 0.3) is 22.0 Å². The van der Waals surface area contributed by atoms with Gasteiger partial charge in [-0.1, -0.05) is 36.4 Å². The average molecular weight is 359 g/mol. The van der Waals surface area contributed by atoms with Gasteiger partial charge in [-0.3, -0.25) is 14.5 Å². The molecule has 2 aromatic carbocycles. The van der Waals surface area contributed by atoms with E-state index in [2.05, 4.69) is 34.1 Å². The SMILES string of the molecule is O=c1oc2ccccc2n1[C@H]1CCCN(Cc2cccc3cccnc23)C1. The smallest absolute Gasteiger partial charge is 0.408 e. The summed E-state index contributed by atoms with van der Waals surface area (Å²) < 4.78 is 7.28. The Kier molecular flexibility index (Phi) is 4.02. The Balaban J connectivity index is 1.44. The minimum absolute atomic E-state index is 0.137. The van der Waals surface area contributed by atoms with Crippen molar-refractivity contribution in [3.05, 3.63) is 76.9 Å². The number of pyridine rings is 1. The quantitative estimate of drug-likeness (QED) is 0.555. The van der Waals surface area contributed by atoms with Crippen LogP contribution in [0.1, 0.15) is 24.4 Å². The molecule has 0 N–H and O–H groups in total. The van der Waals surface area contributed by atoms with Crippen LogP contribution in [-0.2, 0) is 6.54 Å². The van der Waals surface area contributed by atoms with Crippen molar-refractivity contribution < 1.29 is 4.42 Å². The van der Waals surface area contributed by atoms with Crippen LogP contribution >= 0.6 is 0 Å². The Labute approximate surface area is 156 Å². The molecule has 0 spiro atoms. The largest absolute Gasteiger partial charge is 0.420 e. The number of para-hydroxylation sites is 3. The lowest BCUT2D eigenvalue weighted by molar-refractivity contribution is 0.168. The summed E-state index contributed by atoms with van der Waals surface area (Å²) in [5, 5.41) is 1.17. The predicted molar refractivity (Wildman–Crippen MR) is 106 cm³/mol. The zero-order valence-electron chi connectivity index (χ0n) is 15.0. The maximum atomic E-state index is 12.4. The van der Waals surface area contributed by atoms with E-state index in [1.807, 2.05) is 41.1 Å². The van der Waals surface area contributed by atoms with Crippen molar-refractivity contribution in [3.8, 4) is 0 Å². The zero-order chi connectivity index (χ0) is 18.2. The van der Waals surface area contributed by atoms with Crippen LogP contribution in [0, 0.1) is 0 Å². The van der Waals surface area contributed by atoms with Gasteiger partial charge in [-0.15, -0.1) is 0 Å². The van der Waals surface area contributed by atoms with Crippen LogP contribution in [0.15, 0.2) is 70.0 Å². The van der Waals surface area contributed by atoms with Crippen LogP contribution < -0.4 is 5.76 Å². The van der Waals surface area contributed by atoms with Crippen molar-refractivity contribution in [3.63, 3.8) is 0 Å².